The first kappa shape index (κ1) is 13.3. The second-order valence-electron chi connectivity index (χ2n) is 3.78. The maximum atomic E-state index is 11.0. The van der Waals surface area contributed by atoms with Crippen LogP contribution in [0, 0.1) is 12.3 Å². The van der Waals surface area contributed by atoms with Crippen molar-refractivity contribution < 1.29 is 19.2 Å². The quantitative estimate of drug-likeness (QED) is 0.556. The van der Waals surface area contributed by atoms with E-state index in [1.54, 1.807) is 20.8 Å². The predicted octanol–water partition coefficient (Wildman–Crippen LogP) is 1.38. The smallest absolute Gasteiger partial charge is 0.441 e. The highest BCUT2D eigenvalue weighted by atomic mass is 16.7. The Hall–Kier alpha value is -1.70. The Kier molecular flexibility index (Phi) is 5.24. The number of rotatable bonds is 2. The van der Waals surface area contributed by atoms with Crippen LogP contribution in [-0.2, 0) is 14.4 Å². The molecule has 5 nitrogen and oxygen atoms in total. The summed E-state index contributed by atoms with van der Waals surface area (Å²) < 4.78 is 4.82. The highest BCUT2D eigenvalue weighted by molar-refractivity contribution is 5.73. The van der Waals surface area contributed by atoms with E-state index in [0.717, 1.165) is 0 Å². The molecule has 0 spiro atoms. The van der Waals surface area contributed by atoms with Crippen molar-refractivity contribution in [2.75, 3.05) is 0 Å². The molecule has 84 valence electrons. The zero-order valence-corrected chi connectivity index (χ0v) is 9.12. The number of ether oxygens (including phenoxy) is 1. The van der Waals surface area contributed by atoms with Crippen LogP contribution in [0.5, 0.6) is 0 Å². The zero-order chi connectivity index (χ0) is 11.9. The van der Waals surface area contributed by atoms with Gasteiger partial charge in [-0.1, -0.05) is 0 Å². The average molecular weight is 213 g/mol. The number of carbonyl (C=O) groups excluding carboxylic acids is 2. The molecular formula is C10H15NO4. The van der Waals surface area contributed by atoms with E-state index in [9.17, 15) is 9.59 Å². The van der Waals surface area contributed by atoms with Crippen molar-refractivity contribution in [3.8, 4) is 12.3 Å². The van der Waals surface area contributed by atoms with Gasteiger partial charge in [0, 0.05) is 6.42 Å². The number of hydrogen-bond donors (Lipinski definition) is 1. The van der Waals surface area contributed by atoms with Crippen LogP contribution >= 0.6 is 0 Å². The minimum absolute atomic E-state index is 0.0618. The summed E-state index contributed by atoms with van der Waals surface area (Å²) >= 11 is 0. The Morgan fingerprint density at radius 3 is 2.47 bits per heavy atom. The summed E-state index contributed by atoms with van der Waals surface area (Å²) in [5.41, 5.74) is 1.24. The van der Waals surface area contributed by atoms with Crippen molar-refractivity contribution in [3.05, 3.63) is 0 Å². The molecule has 0 aliphatic carbocycles. The van der Waals surface area contributed by atoms with E-state index in [1.807, 2.05) is 5.48 Å². The number of nitrogens with one attached hydrogen (secondary N) is 1. The summed E-state index contributed by atoms with van der Waals surface area (Å²) in [5, 5.41) is 0. The van der Waals surface area contributed by atoms with E-state index >= 15 is 0 Å². The molecule has 0 aliphatic heterocycles. The van der Waals surface area contributed by atoms with Crippen LogP contribution in [0.4, 0.5) is 4.79 Å². The number of terminal acetylenes is 1. The Morgan fingerprint density at radius 1 is 1.40 bits per heavy atom. The lowest BCUT2D eigenvalue weighted by Gasteiger charge is -2.19. The number of amides is 1. The number of hydroxylamine groups is 1. The van der Waals surface area contributed by atoms with E-state index in [2.05, 4.69) is 10.8 Å². The molecule has 0 aliphatic rings. The van der Waals surface area contributed by atoms with Crippen LogP contribution in [0.15, 0.2) is 0 Å². The Bertz CT molecular complexity index is 272. The minimum atomic E-state index is -0.809. The lowest BCUT2D eigenvalue weighted by atomic mass is 10.2. The van der Waals surface area contributed by atoms with Gasteiger partial charge in [-0.05, 0) is 20.8 Å². The van der Waals surface area contributed by atoms with Gasteiger partial charge in [0.25, 0.3) is 0 Å². The molecule has 1 amide bonds. The fourth-order valence-corrected chi connectivity index (χ4v) is 0.623. The van der Waals surface area contributed by atoms with Gasteiger partial charge in [0.2, 0.25) is 0 Å². The highest BCUT2D eigenvalue weighted by Crippen LogP contribution is 2.06. The topological polar surface area (TPSA) is 64.6 Å². The van der Waals surface area contributed by atoms with Gasteiger partial charge in [0.05, 0.1) is 6.42 Å². The van der Waals surface area contributed by atoms with E-state index in [0.29, 0.717) is 0 Å². The fraction of sp³-hybridized carbons (Fsp3) is 0.600. The van der Waals surface area contributed by atoms with Crippen molar-refractivity contribution in [3.63, 3.8) is 0 Å². The van der Waals surface area contributed by atoms with Crippen molar-refractivity contribution in [1.29, 1.82) is 0 Å². The molecule has 0 saturated heterocycles. The van der Waals surface area contributed by atoms with Crippen molar-refractivity contribution >= 4 is 12.1 Å². The zero-order valence-electron chi connectivity index (χ0n) is 9.12. The first-order valence-electron chi connectivity index (χ1n) is 4.47. The van der Waals surface area contributed by atoms with Crippen molar-refractivity contribution in [2.45, 2.75) is 39.2 Å². The van der Waals surface area contributed by atoms with Crippen LogP contribution in [0.3, 0.4) is 0 Å². The molecule has 0 unspecified atom stereocenters. The van der Waals surface area contributed by atoms with Gasteiger partial charge >= 0.3 is 12.1 Å². The summed E-state index contributed by atoms with van der Waals surface area (Å²) in [6.45, 7) is 5.10. The van der Waals surface area contributed by atoms with Gasteiger partial charge in [-0.15, -0.1) is 17.8 Å². The molecule has 0 aromatic carbocycles. The first-order chi connectivity index (χ1) is 6.85. The van der Waals surface area contributed by atoms with Gasteiger partial charge in [0.1, 0.15) is 5.60 Å². The summed E-state index contributed by atoms with van der Waals surface area (Å²) in [6, 6.07) is 0. The summed E-state index contributed by atoms with van der Waals surface area (Å²) in [4.78, 5) is 26.3. The molecule has 5 heteroatoms. The fourth-order valence-electron chi connectivity index (χ4n) is 0.623. The number of carbonyl (C=O) groups is 2. The molecule has 0 fully saturated rings. The average Bonchev–Trinajstić information content (AvgIpc) is 2.08. The standard InChI is InChI=1S/C10H15NO4/c1-5-6-7-8(12)15-11-9(13)14-10(2,3)4/h1H,6-7H2,2-4H3,(H,11,13). The SMILES string of the molecule is C#CCCC(=O)ONC(=O)OC(C)(C)C. The molecule has 0 aromatic heterocycles. The summed E-state index contributed by atoms with van der Waals surface area (Å²) in [5.74, 6) is 1.68. The molecule has 0 heterocycles. The maximum absolute atomic E-state index is 11.0. The van der Waals surface area contributed by atoms with Crippen molar-refractivity contribution in [1.82, 2.24) is 5.48 Å². The number of hydrogen-bond acceptors (Lipinski definition) is 4. The van der Waals surface area contributed by atoms with E-state index in [1.165, 1.54) is 0 Å². The lowest BCUT2D eigenvalue weighted by Crippen LogP contribution is -2.34. The summed E-state index contributed by atoms with van der Waals surface area (Å²) in [6.07, 6.45) is 4.47. The molecule has 0 bridgehead atoms. The van der Waals surface area contributed by atoms with Gasteiger partial charge in [-0.3, -0.25) is 0 Å². The molecule has 0 radical (unpaired) electrons. The van der Waals surface area contributed by atoms with Crippen LogP contribution in [0.1, 0.15) is 33.6 Å². The van der Waals surface area contributed by atoms with Crippen LogP contribution in [0.2, 0.25) is 0 Å². The molecule has 0 rings (SSSR count). The van der Waals surface area contributed by atoms with Crippen LogP contribution < -0.4 is 5.48 Å². The van der Waals surface area contributed by atoms with Crippen LogP contribution in [-0.4, -0.2) is 17.7 Å². The Balaban J connectivity index is 3.73. The molecule has 0 saturated carbocycles. The minimum Gasteiger partial charge on any atom is -0.442 e. The third-order valence-corrected chi connectivity index (χ3v) is 1.12. The van der Waals surface area contributed by atoms with Gasteiger partial charge < -0.3 is 9.57 Å². The second kappa shape index (κ2) is 5.91. The van der Waals surface area contributed by atoms with Gasteiger partial charge in [0.15, 0.2) is 0 Å². The molecule has 0 atom stereocenters. The lowest BCUT2D eigenvalue weighted by molar-refractivity contribution is -0.150. The second-order valence-corrected chi connectivity index (χ2v) is 3.78. The third-order valence-electron chi connectivity index (χ3n) is 1.12. The molecule has 1 N–H and O–H groups in total. The van der Waals surface area contributed by atoms with E-state index in [4.69, 9.17) is 11.2 Å². The van der Waals surface area contributed by atoms with Gasteiger partial charge in [-0.25, -0.2) is 9.59 Å². The summed E-state index contributed by atoms with van der Waals surface area (Å²) in [7, 11) is 0. The third kappa shape index (κ3) is 8.63. The van der Waals surface area contributed by atoms with Crippen molar-refractivity contribution in [2.24, 2.45) is 0 Å². The molecular weight excluding hydrogens is 198 g/mol. The maximum Gasteiger partial charge on any atom is 0.441 e. The van der Waals surface area contributed by atoms with E-state index < -0.39 is 17.7 Å². The normalized spacial score (nSPS) is 10.0. The highest BCUT2D eigenvalue weighted by Gasteiger charge is 2.17. The predicted molar refractivity (Wildman–Crippen MR) is 53.5 cm³/mol. The molecule has 15 heavy (non-hydrogen) atoms. The Morgan fingerprint density at radius 2 is 2.00 bits per heavy atom. The van der Waals surface area contributed by atoms with Gasteiger partial charge in [-0.2, -0.15) is 0 Å². The monoisotopic (exact) mass is 213 g/mol. The largest absolute Gasteiger partial charge is 0.442 e. The van der Waals surface area contributed by atoms with E-state index in [-0.39, 0.29) is 12.8 Å². The molecule has 0 aromatic rings. The van der Waals surface area contributed by atoms with Crippen LogP contribution in [0.25, 0.3) is 0 Å². The Labute approximate surface area is 89.1 Å². The first-order valence-corrected chi connectivity index (χ1v) is 4.47.